The van der Waals surface area contributed by atoms with E-state index < -0.39 is 0 Å². The fourth-order valence-corrected chi connectivity index (χ4v) is 0.731. The van der Waals surface area contributed by atoms with Crippen molar-refractivity contribution in [3.63, 3.8) is 0 Å². The summed E-state index contributed by atoms with van der Waals surface area (Å²) in [6, 6.07) is 0. The molecule has 0 aliphatic rings. The summed E-state index contributed by atoms with van der Waals surface area (Å²) < 4.78 is 0. The van der Waals surface area contributed by atoms with Crippen LogP contribution in [-0.2, 0) is 0 Å². The molecule has 0 aromatic rings. The molecule has 0 radical (unpaired) electrons. The van der Waals surface area contributed by atoms with Crippen LogP contribution in [0.15, 0.2) is 12.2 Å². The van der Waals surface area contributed by atoms with Gasteiger partial charge in [-0.15, -0.1) is 0 Å². The first-order valence-electron chi connectivity index (χ1n) is 3.67. The van der Waals surface area contributed by atoms with E-state index in [0.717, 1.165) is 6.54 Å². The highest BCUT2D eigenvalue weighted by molar-refractivity contribution is 4.76. The van der Waals surface area contributed by atoms with E-state index in [1.165, 1.54) is 19.3 Å². The molecule has 0 saturated carbocycles. The molecule has 0 rings (SSSR count). The van der Waals surface area contributed by atoms with Gasteiger partial charge in [0.15, 0.2) is 0 Å². The smallest absolute Gasteiger partial charge is 0.00518 e. The number of nitrogens with one attached hydrogen (secondary N) is 1. The van der Waals surface area contributed by atoms with E-state index in [4.69, 9.17) is 0 Å². The monoisotopic (exact) mass is 127 g/mol. The van der Waals surface area contributed by atoms with E-state index in [1.807, 2.05) is 7.05 Å². The lowest BCUT2D eigenvalue weighted by molar-refractivity contribution is 0.684. The zero-order valence-corrected chi connectivity index (χ0v) is 6.48. The lowest BCUT2D eigenvalue weighted by Gasteiger charge is -1.94. The number of hydrogen-bond acceptors (Lipinski definition) is 1. The first-order valence-corrected chi connectivity index (χ1v) is 3.67. The Hall–Kier alpha value is -0.300. The Morgan fingerprint density at radius 3 is 2.67 bits per heavy atom. The molecule has 1 N–H and O–H groups in total. The van der Waals surface area contributed by atoms with Crippen LogP contribution in [0, 0.1) is 0 Å². The molecule has 0 atom stereocenters. The van der Waals surface area contributed by atoms with Gasteiger partial charge < -0.3 is 5.32 Å². The van der Waals surface area contributed by atoms with Crippen LogP contribution in [0.5, 0.6) is 0 Å². The topological polar surface area (TPSA) is 12.0 Å². The third-order valence-corrected chi connectivity index (χ3v) is 1.28. The minimum Gasteiger partial charge on any atom is -0.320 e. The molecule has 0 aliphatic carbocycles. The first kappa shape index (κ1) is 8.70. The molecular formula is C8H17N. The van der Waals surface area contributed by atoms with Crippen molar-refractivity contribution in [3.8, 4) is 0 Å². The molecule has 0 fully saturated rings. The quantitative estimate of drug-likeness (QED) is 0.439. The predicted octanol–water partition coefficient (Wildman–Crippen LogP) is 1.95. The highest BCUT2D eigenvalue weighted by Gasteiger charge is 1.81. The summed E-state index contributed by atoms with van der Waals surface area (Å²) in [5.41, 5.74) is 0. The van der Waals surface area contributed by atoms with Crippen LogP contribution in [0.3, 0.4) is 0 Å². The average Bonchev–Trinajstić information content (AvgIpc) is 1.89. The summed E-state index contributed by atoms with van der Waals surface area (Å²) in [5, 5.41) is 3.12. The van der Waals surface area contributed by atoms with Gasteiger partial charge in [0.05, 0.1) is 0 Å². The van der Waals surface area contributed by atoms with Crippen molar-refractivity contribution in [2.75, 3.05) is 13.6 Å². The van der Waals surface area contributed by atoms with E-state index in [-0.39, 0.29) is 0 Å². The van der Waals surface area contributed by atoms with E-state index in [0.29, 0.717) is 0 Å². The third kappa shape index (κ3) is 7.70. The molecule has 0 aromatic heterocycles. The maximum atomic E-state index is 3.12. The second kappa shape index (κ2) is 7.70. The van der Waals surface area contributed by atoms with Gasteiger partial charge in [-0.3, -0.25) is 0 Å². The molecule has 0 saturated heterocycles. The Kier molecular flexibility index (Phi) is 7.44. The van der Waals surface area contributed by atoms with Crippen molar-refractivity contribution < 1.29 is 0 Å². The van der Waals surface area contributed by atoms with Gasteiger partial charge >= 0.3 is 0 Å². The molecule has 54 valence electrons. The molecule has 1 heteroatoms. The van der Waals surface area contributed by atoms with Crippen molar-refractivity contribution in [2.45, 2.75) is 26.2 Å². The van der Waals surface area contributed by atoms with Gasteiger partial charge in [0.25, 0.3) is 0 Å². The van der Waals surface area contributed by atoms with Crippen molar-refractivity contribution >= 4 is 0 Å². The van der Waals surface area contributed by atoms with Crippen LogP contribution >= 0.6 is 0 Å². The van der Waals surface area contributed by atoms with Crippen molar-refractivity contribution in [3.05, 3.63) is 12.2 Å². The predicted molar refractivity (Wildman–Crippen MR) is 42.6 cm³/mol. The Balaban J connectivity index is 2.75. The Morgan fingerprint density at radius 1 is 1.33 bits per heavy atom. The Morgan fingerprint density at radius 2 is 2.11 bits per heavy atom. The second-order valence-corrected chi connectivity index (χ2v) is 2.17. The molecule has 0 heterocycles. The second-order valence-electron chi connectivity index (χ2n) is 2.17. The first-order chi connectivity index (χ1) is 4.41. The minimum absolute atomic E-state index is 1.15. The summed E-state index contributed by atoms with van der Waals surface area (Å²) in [4.78, 5) is 0. The Bertz CT molecular complexity index is 67.0. The van der Waals surface area contributed by atoms with Crippen LogP contribution in [0.1, 0.15) is 26.2 Å². The highest BCUT2D eigenvalue weighted by Crippen LogP contribution is 1.94. The van der Waals surface area contributed by atoms with Gasteiger partial charge in [0, 0.05) is 0 Å². The van der Waals surface area contributed by atoms with Crippen LogP contribution in [0.2, 0.25) is 0 Å². The number of unbranched alkanes of at least 4 members (excludes halogenated alkanes) is 2. The normalized spacial score (nSPS) is 10.9. The summed E-state index contributed by atoms with van der Waals surface area (Å²) in [6.07, 6.45) is 8.17. The molecule has 1 nitrogen and oxygen atoms in total. The highest BCUT2D eigenvalue weighted by atomic mass is 14.8. The standard InChI is InChI=1S/C8H17N/c1-3-4-5-6-7-8-9-2/h3-4,9H,5-8H2,1-2H3/b4-3+. The molecule has 0 aromatic carbocycles. The van der Waals surface area contributed by atoms with Crippen molar-refractivity contribution in [1.29, 1.82) is 0 Å². The zero-order valence-electron chi connectivity index (χ0n) is 6.48. The van der Waals surface area contributed by atoms with Gasteiger partial charge in [0.2, 0.25) is 0 Å². The molecule has 0 unspecified atom stereocenters. The SMILES string of the molecule is C/C=C/CCCCNC. The number of allylic oxidation sites excluding steroid dienone is 2. The molecule has 0 aliphatic heterocycles. The van der Waals surface area contributed by atoms with E-state index >= 15 is 0 Å². The molecule has 0 bridgehead atoms. The molecule has 0 amide bonds. The average molecular weight is 127 g/mol. The molecule has 9 heavy (non-hydrogen) atoms. The summed E-state index contributed by atoms with van der Waals surface area (Å²) in [7, 11) is 2.00. The summed E-state index contributed by atoms with van der Waals surface area (Å²) in [5.74, 6) is 0. The van der Waals surface area contributed by atoms with E-state index in [2.05, 4.69) is 24.4 Å². The van der Waals surface area contributed by atoms with Gasteiger partial charge in [0.1, 0.15) is 0 Å². The lowest BCUT2D eigenvalue weighted by Crippen LogP contribution is -2.06. The van der Waals surface area contributed by atoms with E-state index in [1.54, 1.807) is 0 Å². The van der Waals surface area contributed by atoms with Gasteiger partial charge in [-0.25, -0.2) is 0 Å². The Labute approximate surface area is 58.2 Å². The van der Waals surface area contributed by atoms with Crippen molar-refractivity contribution in [2.24, 2.45) is 0 Å². The van der Waals surface area contributed by atoms with Gasteiger partial charge in [-0.05, 0) is 39.8 Å². The number of hydrogen-bond donors (Lipinski definition) is 1. The minimum atomic E-state index is 1.15. The van der Waals surface area contributed by atoms with Crippen LogP contribution in [0.4, 0.5) is 0 Å². The maximum absolute atomic E-state index is 3.12. The third-order valence-electron chi connectivity index (χ3n) is 1.28. The van der Waals surface area contributed by atoms with Gasteiger partial charge in [-0.1, -0.05) is 12.2 Å². The van der Waals surface area contributed by atoms with Crippen molar-refractivity contribution in [1.82, 2.24) is 5.32 Å². The largest absolute Gasteiger partial charge is 0.320 e. The van der Waals surface area contributed by atoms with Crippen LogP contribution in [0.25, 0.3) is 0 Å². The summed E-state index contributed by atoms with van der Waals surface area (Å²) >= 11 is 0. The van der Waals surface area contributed by atoms with Crippen LogP contribution in [-0.4, -0.2) is 13.6 Å². The summed E-state index contributed by atoms with van der Waals surface area (Å²) in [6.45, 7) is 3.22. The fourth-order valence-electron chi connectivity index (χ4n) is 0.731. The van der Waals surface area contributed by atoms with Crippen LogP contribution < -0.4 is 5.32 Å². The molecule has 0 spiro atoms. The maximum Gasteiger partial charge on any atom is -0.00518 e. The lowest BCUT2D eigenvalue weighted by atomic mass is 10.2. The van der Waals surface area contributed by atoms with Gasteiger partial charge in [-0.2, -0.15) is 0 Å². The van der Waals surface area contributed by atoms with E-state index in [9.17, 15) is 0 Å². The molecular weight excluding hydrogens is 110 g/mol. The fraction of sp³-hybridized carbons (Fsp3) is 0.750. The number of rotatable bonds is 5. The zero-order chi connectivity index (χ0) is 6.95.